The zero-order chi connectivity index (χ0) is 18.3. The van der Waals surface area contributed by atoms with Crippen molar-refractivity contribution in [2.45, 2.75) is 60.8 Å². The second kappa shape index (κ2) is 9.19. The van der Waals surface area contributed by atoms with Crippen molar-refractivity contribution in [3.8, 4) is 0 Å². The van der Waals surface area contributed by atoms with Crippen LogP contribution in [0.3, 0.4) is 0 Å². The third kappa shape index (κ3) is 7.02. The molecule has 0 fully saturated rings. The summed E-state index contributed by atoms with van der Waals surface area (Å²) in [7, 11) is 0. The molecule has 0 unspecified atom stereocenters. The lowest BCUT2D eigenvalue weighted by Crippen LogP contribution is -2.40. The van der Waals surface area contributed by atoms with Gasteiger partial charge in [-0.25, -0.2) is 4.39 Å². The summed E-state index contributed by atoms with van der Waals surface area (Å²) in [5.41, 5.74) is 0.635. The molecule has 24 heavy (non-hydrogen) atoms. The molecular weight excluding hydrogens is 301 g/mol. The van der Waals surface area contributed by atoms with Gasteiger partial charge < -0.3 is 5.32 Å². The fourth-order valence-electron chi connectivity index (χ4n) is 4.04. The third-order valence-electron chi connectivity index (χ3n) is 4.25. The molecule has 0 radical (unpaired) electrons. The number of halogens is 1. The summed E-state index contributed by atoms with van der Waals surface area (Å²) in [6.45, 7) is 14.2. The van der Waals surface area contributed by atoms with Gasteiger partial charge >= 0.3 is 0 Å². The van der Waals surface area contributed by atoms with Gasteiger partial charge in [-0.05, 0) is 66.7 Å². The fraction of sp³-hybridized carbons (Fsp3) is 0.667. The molecule has 0 saturated heterocycles. The Morgan fingerprint density at radius 3 is 1.71 bits per heavy atom. The number of hydrogen-bond donors (Lipinski definition) is 1. The van der Waals surface area contributed by atoms with E-state index in [-0.39, 0.29) is 17.1 Å². The van der Waals surface area contributed by atoms with Crippen LogP contribution >= 0.6 is 0 Å². The highest BCUT2D eigenvalue weighted by atomic mass is 19.1. The normalized spacial score (nSPS) is 12.2. The quantitative estimate of drug-likeness (QED) is 0.618. The standard InChI is InChI=1S/C21H34FNO/c1-15(2)11-21(12-16(3)4,13-17(5)6)14-23-20(24)18-7-9-19(22)10-8-18/h7-10,15-17H,11-14H2,1-6H3,(H,23,24). The molecule has 1 aromatic carbocycles. The largest absolute Gasteiger partial charge is 0.351 e. The van der Waals surface area contributed by atoms with Crippen LogP contribution in [0.25, 0.3) is 0 Å². The zero-order valence-electron chi connectivity index (χ0n) is 16.2. The van der Waals surface area contributed by atoms with Crippen LogP contribution in [-0.4, -0.2) is 12.5 Å². The van der Waals surface area contributed by atoms with Gasteiger partial charge in [-0.3, -0.25) is 4.79 Å². The third-order valence-corrected chi connectivity index (χ3v) is 4.25. The number of amides is 1. The van der Waals surface area contributed by atoms with Crippen molar-refractivity contribution in [1.82, 2.24) is 5.32 Å². The van der Waals surface area contributed by atoms with E-state index >= 15 is 0 Å². The summed E-state index contributed by atoms with van der Waals surface area (Å²) in [5, 5.41) is 3.11. The second-order valence-corrected chi connectivity index (χ2v) is 8.48. The van der Waals surface area contributed by atoms with E-state index in [1.54, 1.807) is 12.1 Å². The van der Waals surface area contributed by atoms with Crippen LogP contribution < -0.4 is 5.32 Å². The van der Waals surface area contributed by atoms with Crippen LogP contribution in [0.1, 0.15) is 71.2 Å². The molecule has 2 nitrogen and oxygen atoms in total. The molecule has 3 heteroatoms. The van der Waals surface area contributed by atoms with Gasteiger partial charge in [-0.1, -0.05) is 41.5 Å². The molecular formula is C21H34FNO. The number of hydrogen-bond acceptors (Lipinski definition) is 1. The highest BCUT2D eigenvalue weighted by Crippen LogP contribution is 2.39. The maximum atomic E-state index is 13.0. The summed E-state index contributed by atoms with van der Waals surface area (Å²) in [6, 6.07) is 5.75. The van der Waals surface area contributed by atoms with Crippen molar-refractivity contribution in [1.29, 1.82) is 0 Å². The molecule has 0 aliphatic rings. The van der Waals surface area contributed by atoms with E-state index in [1.807, 2.05) is 0 Å². The highest BCUT2D eigenvalue weighted by Gasteiger charge is 2.33. The van der Waals surface area contributed by atoms with Crippen LogP contribution in [0.5, 0.6) is 0 Å². The van der Waals surface area contributed by atoms with Crippen molar-refractivity contribution in [2.75, 3.05) is 6.54 Å². The maximum absolute atomic E-state index is 13.0. The van der Waals surface area contributed by atoms with E-state index in [0.29, 0.717) is 29.9 Å². The molecule has 1 rings (SSSR count). The van der Waals surface area contributed by atoms with E-state index in [4.69, 9.17) is 0 Å². The molecule has 0 aliphatic heterocycles. The molecule has 0 aliphatic carbocycles. The average Bonchev–Trinajstić information content (AvgIpc) is 2.43. The molecule has 0 saturated carbocycles. The minimum atomic E-state index is -0.319. The van der Waals surface area contributed by atoms with Crippen LogP contribution in [0.4, 0.5) is 4.39 Å². The van der Waals surface area contributed by atoms with Crippen LogP contribution in [0, 0.1) is 29.0 Å². The summed E-state index contributed by atoms with van der Waals surface area (Å²) in [6.07, 6.45) is 3.31. The SMILES string of the molecule is CC(C)CC(CNC(=O)c1ccc(F)cc1)(CC(C)C)CC(C)C. The Bertz CT molecular complexity index is 479. The van der Waals surface area contributed by atoms with E-state index < -0.39 is 0 Å². The monoisotopic (exact) mass is 335 g/mol. The Labute approximate surface area is 147 Å². The van der Waals surface area contributed by atoms with Crippen molar-refractivity contribution < 1.29 is 9.18 Å². The van der Waals surface area contributed by atoms with E-state index in [0.717, 1.165) is 19.3 Å². The minimum Gasteiger partial charge on any atom is -0.351 e. The topological polar surface area (TPSA) is 29.1 Å². The van der Waals surface area contributed by atoms with Crippen molar-refractivity contribution in [3.05, 3.63) is 35.6 Å². The zero-order valence-corrected chi connectivity index (χ0v) is 16.2. The van der Waals surface area contributed by atoms with Crippen molar-refractivity contribution >= 4 is 5.91 Å². The van der Waals surface area contributed by atoms with E-state index in [1.165, 1.54) is 12.1 Å². The Hall–Kier alpha value is -1.38. The molecule has 1 amide bonds. The van der Waals surface area contributed by atoms with E-state index in [9.17, 15) is 9.18 Å². The number of benzene rings is 1. The van der Waals surface area contributed by atoms with Crippen LogP contribution in [0.2, 0.25) is 0 Å². The molecule has 0 heterocycles. The summed E-state index contributed by atoms with van der Waals surface area (Å²) in [4.78, 5) is 12.4. The smallest absolute Gasteiger partial charge is 0.251 e. The van der Waals surface area contributed by atoms with E-state index in [2.05, 4.69) is 46.9 Å². The fourth-order valence-corrected chi connectivity index (χ4v) is 4.04. The summed E-state index contributed by atoms with van der Waals surface area (Å²) in [5.74, 6) is 1.33. The Balaban J connectivity index is 2.88. The Morgan fingerprint density at radius 1 is 0.917 bits per heavy atom. The van der Waals surface area contributed by atoms with Gasteiger partial charge in [0, 0.05) is 12.1 Å². The maximum Gasteiger partial charge on any atom is 0.251 e. The van der Waals surface area contributed by atoms with Crippen molar-refractivity contribution in [3.63, 3.8) is 0 Å². The molecule has 0 atom stereocenters. The lowest BCUT2D eigenvalue weighted by atomic mass is 9.69. The molecule has 0 spiro atoms. The van der Waals surface area contributed by atoms with Gasteiger partial charge in [0.2, 0.25) is 0 Å². The first-order chi connectivity index (χ1) is 11.1. The first kappa shape index (κ1) is 20.7. The predicted octanol–water partition coefficient (Wildman–Crippen LogP) is 5.68. The van der Waals surface area contributed by atoms with Gasteiger partial charge in [0.15, 0.2) is 0 Å². The number of rotatable bonds is 9. The van der Waals surface area contributed by atoms with Gasteiger partial charge in [-0.15, -0.1) is 0 Å². The molecule has 1 aromatic rings. The van der Waals surface area contributed by atoms with Gasteiger partial charge in [0.25, 0.3) is 5.91 Å². The predicted molar refractivity (Wildman–Crippen MR) is 99.5 cm³/mol. The highest BCUT2D eigenvalue weighted by molar-refractivity contribution is 5.94. The molecule has 0 bridgehead atoms. The van der Waals surface area contributed by atoms with Crippen LogP contribution in [-0.2, 0) is 0 Å². The number of nitrogens with one attached hydrogen (secondary N) is 1. The first-order valence-corrected chi connectivity index (χ1v) is 9.17. The van der Waals surface area contributed by atoms with Crippen LogP contribution in [0.15, 0.2) is 24.3 Å². The number of carbonyl (C=O) groups is 1. The van der Waals surface area contributed by atoms with Gasteiger partial charge in [0.1, 0.15) is 5.82 Å². The second-order valence-electron chi connectivity index (χ2n) is 8.48. The Morgan fingerprint density at radius 2 is 1.33 bits per heavy atom. The summed E-state index contributed by atoms with van der Waals surface area (Å²) < 4.78 is 13.0. The lowest BCUT2D eigenvalue weighted by Gasteiger charge is -2.38. The molecule has 136 valence electrons. The number of carbonyl (C=O) groups excluding carboxylic acids is 1. The van der Waals surface area contributed by atoms with Gasteiger partial charge in [-0.2, -0.15) is 0 Å². The Kier molecular flexibility index (Phi) is 7.92. The lowest BCUT2D eigenvalue weighted by molar-refractivity contribution is 0.0877. The minimum absolute atomic E-state index is 0.115. The average molecular weight is 336 g/mol. The summed E-state index contributed by atoms with van der Waals surface area (Å²) >= 11 is 0. The molecule has 0 aromatic heterocycles. The first-order valence-electron chi connectivity index (χ1n) is 9.17. The molecule has 1 N–H and O–H groups in total. The van der Waals surface area contributed by atoms with Gasteiger partial charge in [0.05, 0.1) is 0 Å². The van der Waals surface area contributed by atoms with Crippen molar-refractivity contribution in [2.24, 2.45) is 23.2 Å².